The molecule has 1 rings (SSSR count). The molecule has 0 saturated heterocycles. The molecule has 0 aliphatic heterocycles. The van der Waals surface area contributed by atoms with E-state index >= 15 is 0 Å². The van der Waals surface area contributed by atoms with Crippen molar-refractivity contribution < 1.29 is 4.39 Å². The number of hydrogen-bond donors (Lipinski definition) is 1. The van der Waals surface area contributed by atoms with Crippen LogP contribution in [0.25, 0.3) is 0 Å². The molecule has 0 spiro atoms. The quantitative estimate of drug-likeness (QED) is 0.746. The molecule has 1 aliphatic rings. The Balaban J connectivity index is 2.34. The summed E-state index contributed by atoms with van der Waals surface area (Å²) in [5.41, 5.74) is 5.64. The molecule has 2 N–H and O–H groups in total. The van der Waals surface area contributed by atoms with E-state index in [0.29, 0.717) is 18.4 Å². The Morgan fingerprint density at radius 3 is 2.27 bits per heavy atom. The molecule has 15 heavy (non-hydrogen) atoms. The third-order valence-electron chi connectivity index (χ3n) is 3.88. The molecule has 1 aliphatic carbocycles. The predicted molar refractivity (Wildman–Crippen MR) is 63.5 cm³/mol. The maximum atomic E-state index is 14.0. The summed E-state index contributed by atoms with van der Waals surface area (Å²) in [7, 11) is 0. The van der Waals surface area contributed by atoms with Crippen molar-refractivity contribution in [3.8, 4) is 0 Å². The molecular formula is C13H26FN. The zero-order valence-electron chi connectivity index (χ0n) is 10.2. The van der Waals surface area contributed by atoms with Gasteiger partial charge in [-0.25, -0.2) is 4.39 Å². The maximum Gasteiger partial charge on any atom is 0.105 e. The van der Waals surface area contributed by atoms with Crippen LogP contribution in [0.15, 0.2) is 0 Å². The molecule has 0 aromatic rings. The summed E-state index contributed by atoms with van der Waals surface area (Å²) in [6.07, 6.45) is 6.47. The van der Waals surface area contributed by atoms with Crippen molar-refractivity contribution in [2.24, 2.45) is 23.5 Å². The highest BCUT2D eigenvalue weighted by molar-refractivity contribution is 4.77. The molecule has 0 bridgehead atoms. The lowest BCUT2D eigenvalue weighted by molar-refractivity contribution is 0.141. The molecule has 1 saturated carbocycles. The van der Waals surface area contributed by atoms with Crippen molar-refractivity contribution >= 4 is 0 Å². The summed E-state index contributed by atoms with van der Waals surface area (Å²) in [5, 5.41) is 0. The zero-order valence-corrected chi connectivity index (χ0v) is 10.2. The van der Waals surface area contributed by atoms with Gasteiger partial charge in [0, 0.05) is 5.92 Å². The number of nitrogens with two attached hydrogens (primary N) is 1. The van der Waals surface area contributed by atoms with Crippen molar-refractivity contribution in [2.75, 3.05) is 6.54 Å². The lowest BCUT2D eigenvalue weighted by Gasteiger charge is -2.28. The summed E-state index contributed by atoms with van der Waals surface area (Å²) in [6, 6.07) is 0. The molecule has 1 fully saturated rings. The summed E-state index contributed by atoms with van der Waals surface area (Å²) in [4.78, 5) is 0. The van der Waals surface area contributed by atoms with Crippen LogP contribution in [0.5, 0.6) is 0 Å². The Bertz CT molecular complexity index is 164. The zero-order chi connectivity index (χ0) is 11.3. The van der Waals surface area contributed by atoms with Crippen molar-refractivity contribution in [1.82, 2.24) is 0 Å². The number of hydrogen-bond acceptors (Lipinski definition) is 1. The molecule has 90 valence electrons. The van der Waals surface area contributed by atoms with E-state index < -0.39 is 6.17 Å². The lowest BCUT2D eigenvalue weighted by Crippen LogP contribution is -2.31. The fraction of sp³-hybridized carbons (Fsp3) is 1.00. The van der Waals surface area contributed by atoms with Gasteiger partial charge in [0.1, 0.15) is 6.17 Å². The van der Waals surface area contributed by atoms with Gasteiger partial charge in [0.2, 0.25) is 0 Å². The first-order chi connectivity index (χ1) is 7.15. The summed E-state index contributed by atoms with van der Waals surface area (Å²) < 4.78 is 14.0. The smallest absolute Gasteiger partial charge is 0.105 e. The fourth-order valence-electron chi connectivity index (χ4n) is 2.75. The molecule has 0 aromatic heterocycles. The topological polar surface area (TPSA) is 26.0 Å². The van der Waals surface area contributed by atoms with Crippen molar-refractivity contribution in [3.63, 3.8) is 0 Å². The molecule has 1 nitrogen and oxygen atoms in total. The minimum atomic E-state index is -0.682. The van der Waals surface area contributed by atoms with E-state index in [9.17, 15) is 4.39 Å². The average molecular weight is 215 g/mol. The van der Waals surface area contributed by atoms with Crippen LogP contribution in [0.2, 0.25) is 0 Å². The largest absolute Gasteiger partial charge is 0.330 e. The first kappa shape index (κ1) is 13.0. The summed E-state index contributed by atoms with van der Waals surface area (Å²) in [6.45, 7) is 4.64. The summed E-state index contributed by atoms with van der Waals surface area (Å²) in [5.74, 6) is 1.06. The van der Waals surface area contributed by atoms with Crippen LogP contribution in [0.1, 0.15) is 52.4 Å². The molecule has 2 heteroatoms. The van der Waals surface area contributed by atoms with Crippen molar-refractivity contribution in [3.05, 3.63) is 0 Å². The van der Waals surface area contributed by atoms with Crippen LogP contribution in [-0.2, 0) is 0 Å². The Hall–Kier alpha value is -0.110. The van der Waals surface area contributed by atoms with E-state index in [-0.39, 0.29) is 5.92 Å². The van der Waals surface area contributed by atoms with E-state index in [0.717, 1.165) is 6.42 Å². The van der Waals surface area contributed by atoms with Crippen LogP contribution in [0, 0.1) is 17.8 Å². The molecule has 2 atom stereocenters. The fourth-order valence-corrected chi connectivity index (χ4v) is 2.75. The third-order valence-corrected chi connectivity index (χ3v) is 3.88. The molecular weight excluding hydrogens is 189 g/mol. The number of rotatable bonds is 5. The molecule has 0 radical (unpaired) electrons. The van der Waals surface area contributed by atoms with Gasteiger partial charge in [0.05, 0.1) is 0 Å². The highest BCUT2D eigenvalue weighted by Gasteiger charge is 2.26. The Labute approximate surface area is 93.6 Å². The maximum absolute atomic E-state index is 14.0. The monoisotopic (exact) mass is 215 g/mol. The van der Waals surface area contributed by atoms with Crippen LogP contribution in [0.3, 0.4) is 0 Å². The van der Waals surface area contributed by atoms with Gasteiger partial charge in [-0.15, -0.1) is 0 Å². The van der Waals surface area contributed by atoms with E-state index in [1.807, 2.05) is 0 Å². The van der Waals surface area contributed by atoms with E-state index in [2.05, 4.69) is 13.8 Å². The highest BCUT2D eigenvalue weighted by Crippen LogP contribution is 2.31. The second-order valence-corrected chi connectivity index (χ2v) is 5.40. The Morgan fingerprint density at radius 2 is 1.80 bits per heavy atom. The minimum absolute atomic E-state index is 0.0620. The second kappa shape index (κ2) is 6.47. The van der Waals surface area contributed by atoms with Gasteiger partial charge in [0.15, 0.2) is 0 Å². The standard InChI is InChI=1S/C13H26FN/c1-10(2)12(9-15)13(14)8-11-6-4-3-5-7-11/h10-13H,3-9,15H2,1-2H3. The van der Waals surface area contributed by atoms with E-state index in [1.54, 1.807) is 0 Å². The van der Waals surface area contributed by atoms with Gasteiger partial charge in [0.25, 0.3) is 0 Å². The van der Waals surface area contributed by atoms with Gasteiger partial charge < -0.3 is 5.73 Å². The first-order valence-corrected chi connectivity index (χ1v) is 6.49. The predicted octanol–water partition coefficient (Wildman–Crippen LogP) is 3.53. The van der Waals surface area contributed by atoms with Gasteiger partial charge in [-0.1, -0.05) is 46.0 Å². The molecule has 0 amide bonds. The van der Waals surface area contributed by atoms with Crippen molar-refractivity contribution in [1.29, 1.82) is 0 Å². The normalized spacial score (nSPS) is 23.0. The van der Waals surface area contributed by atoms with Crippen LogP contribution in [0.4, 0.5) is 4.39 Å². The van der Waals surface area contributed by atoms with Crippen LogP contribution in [-0.4, -0.2) is 12.7 Å². The third kappa shape index (κ3) is 4.10. The first-order valence-electron chi connectivity index (χ1n) is 6.49. The molecule has 0 heterocycles. The average Bonchev–Trinajstić information content (AvgIpc) is 2.19. The Kier molecular flexibility index (Phi) is 5.59. The Morgan fingerprint density at radius 1 is 1.20 bits per heavy atom. The van der Waals surface area contributed by atoms with Crippen LogP contribution >= 0.6 is 0 Å². The van der Waals surface area contributed by atoms with Gasteiger partial charge in [-0.05, 0) is 24.8 Å². The van der Waals surface area contributed by atoms with Crippen molar-refractivity contribution in [2.45, 2.75) is 58.5 Å². The van der Waals surface area contributed by atoms with E-state index in [1.165, 1.54) is 32.1 Å². The minimum Gasteiger partial charge on any atom is -0.330 e. The SMILES string of the molecule is CC(C)C(CN)C(F)CC1CCCCC1. The highest BCUT2D eigenvalue weighted by atomic mass is 19.1. The number of alkyl halides is 1. The second-order valence-electron chi connectivity index (χ2n) is 5.40. The van der Waals surface area contributed by atoms with Gasteiger partial charge >= 0.3 is 0 Å². The number of halogens is 1. The summed E-state index contributed by atoms with van der Waals surface area (Å²) >= 11 is 0. The van der Waals surface area contributed by atoms with Gasteiger partial charge in [-0.3, -0.25) is 0 Å². The van der Waals surface area contributed by atoms with Gasteiger partial charge in [-0.2, -0.15) is 0 Å². The molecule has 2 unspecified atom stereocenters. The lowest BCUT2D eigenvalue weighted by atomic mass is 9.81. The van der Waals surface area contributed by atoms with Crippen LogP contribution < -0.4 is 5.73 Å². The molecule has 0 aromatic carbocycles. The van der Waals surface area contributed by atoms with E-state index in [4.69, 9.17) is 5.73 Å².